The minimum absolute atomic E-state index is 0.0981. The fourth-order valence-corrected chi connectivity index (χ4v) is 2.29. The van der Waals surface area contributed by atoms with E-state index in [0.717, 1.165) is 0 Å². The first-order valence-corrected chi connectivity index (χ1v) is 5.89. The van der Waals surface area contributed by atoms with E-state index in [2.05, 4.69) is 15.0 Å². The van der Waals surface area contributed by atoms with Crippen molar-refractivity contribution in [1.82, 2.24) is 4.90 Å². The van der Waals surface area contributed by atoms with Crippen molar-refractivity contribution in [3.8, 4) is 0 Å². The number of halogens is 1. The zero-order valence-corrected chi connectivity index (χ0v) is 10.1. The number of hydrogen-bond acceptors (Lipinski definition) is 8. The second-order valence-electron chi connectivity index (χ2n) is 4.54. The first kappa shape index (κ1) is 13.1. The largest absolute Gasteiger partial charge is 0.394 e. The molecule has 5 atom stereocenters. The number of aliphatic imine (C=N–C) groups is 3. The van der Waals surface area contributed by atoms with Crippen LogP contribution in [0, 0.1) is 0 Å². The van der Waals surface area contributed by atoms with E-state index >= 15 is 0 Å². The molecule has 0 bridgehead atoms. The Kier molecular flexibility index (Phi) is 3.00. The van der Waals surface area contributed by atoms with E-state index in [4.69, 9.17) is 15.6 Å². The Morgan fingerprint density at radius 1 is 1.50 bits per heavy atom. The van der Waals surface area contributed by atoms with Gasteiger partial charge in [-0.1, -0.05) is 0 Å². The zero-order valence-electron chi connectivity index (χ0n) is 10.1. The molecule has 0 radical (unpaired) electrons. The normalized spacial score (nSPS) is 39.9. The molecular weight excluding hydrogens is 273 g/mol. The lowest BCUT2D eigenvalue weighted by molar-refractivity contribution is -0.117. The van der Waals surface area contributed by atoms with Crippen LogP contribution in [0.5, 0.6) is 0 Å². The van der Waals surface area contributed by atoms with Gasteiger partial charge in [0.25, 0.3) is 5.91 Å². The molecular formula is C10H12FN5O4. The van der Waals surface area contributed by atoms with Gasteiger partial charge in [0.15, 0.2) is 24.3 Å². The number of aliphatic hydroxyl groups is 2. The van der Waals surface area contributed by atoms with Gasteiger partial charge in [0.05, 0.1) is 12.9 Å². The lowest BCUT2D eigenvalue weighted by atomic mass is 10.1. The second kappa shape index (κ2) is 4.58. The van der Waals surface area contributed by atoms with E-state index in [1.807, 2.05) is 0 Å². The third-order valence-electron chi connectivity index (χ3n) is 3.28. The molecule has 10 heteroatoms. The molecule has 0 spiro atoms. The molecule has 9 nitrogen and oxygen atoms in total. The summed E-state index contributed by atoms with van der Waals surface area (Å²) in [5.74, 6) is -0.746. The summed E-state index contributed by atoms with van der Waals surface area (Å²) in [5, 5.41) is 18.6. The van der Waals surface area contributed by atoms with Crippen LogP contribution in [0.2, 0.25) is 0 Å². The molecule has 1 amide bonds. The standard InChI is InChI=1S/C10H12FN5O4/c11-4-6(18)3(1-17)20-9(4)16-2-13-5-7(16)14-10(12)15-8(5)19/h2-6,9,17-18H,1H2,(H2,12,15,19). The molecule has 3 aliphatic heterocycles. The summed E-state index contributed by atoms with van der Waals surface area (Å²) in [5.41, 5.74) is 5.39. The molecule has 0 aromatic heterocycles. The van der Waals surface area contributed by atoms with Crippen molar-refractivity contribution in [1.29, 1.82) is 0 Å². The summed E-state index contributed by atoms with van der Waals surface area (Å²) in [7, 11) is 0. The number of alkyl halides is 1. The number of ether oxygens (including phenoxy) is 1. The Bertz CT molecular complexity index is 536. The first-order valence-electron chi connectivity index (χ1n) is 5.89. The minimum atomic E-state index is -1.78. The van der Waals surface area contributed by atoms with Gasteiger partial charge in [0.2, 0.25) is 5.96 Å². The van der Waals surface area contributed by atoms with E-state index < -0.39 is 43.2 Å². The van der Waals surface area contributed by atoms with Gasteiger partial charge >= 0.3 is 0 Å². The predicted octanol–water partition coefficient (Wildman–Crippen LogP) is -2.63. The van der Waals surface area contributed by atoms with Crippen LogP contribution >= 0.6 is 0 Å². The highest BCUT2D eigenvalue weighted by Crippen LogP contribution is 2.29. The summed E-state index contributed by atoms with van der Waals surface area (Å²) in [6, 6.07) is -0.969. The highest BCUT2D eigenvalue weighted by molar-refractivity contribution is 6.21. The number of aliphatic hydroxyl groups excluding tert-OH is 2. The number of nitrogens with two attached hydrogens (primary N) is 1. The van der Waals surface area contributed by atoms with E-state index in [1.54, 1.807) is 0 Å². The van der Waals surface area contributed by atoms with E-state index in [0.29, 0.717) is 0 Å². The van der Waals surface area contributed by atoms with E-state index in [9.17, 15) is 14.3 Å². The zero-order chi connectivity index (χ0) is 14.4. The average molecular weight is 285 g/mol. The number of guanidine groups is 1. The average Bonchev–Trinajstić information content (AvgIpc) is 2.93. The molecule has 4 N–H and O–H groups in total. The summed E-state index contributed by atoms with van der Waals surface area (Å²) >= 11 is 0. The fourth-order valence-electron chi connectivity index (χ4n) is 2.29. The number of fused-ring (bicyclic) bond motifs is 1. The summed E-state index contributed by atoms with van der Waals surface area (Å²) < 4.78 is 19.3. The van der Waals surface area contributed by atoms with Crippen molar-refractivity contribution in [2.45, 2.75) is 30.6 Å². The Balaban J connectivity index is 1.87. The lowest BCUT2D eigenvalue weighted by Gasteiger charge is -2.26. The van der Waals surface area contributed by atoms with Crippen molar-refractivity contribution >= 4 is 24.0 Å². The fraction of sp³-hybridized carbons (Fsp3) is 0.600. The summed E-state index contributed by atoms with van der Waals surface area (Å²) in [4.78, 5) is 24.0. The van der Waals surface area contributed by atoms with Crippen LogP contribution in [0.1, 0.15) is 0 Å². The number of nitrogens with zero attached hydrogens (tertiary/aromatic N) is 4. The maximum absolute atomic E-state index is 14.0. The Labute approximate surface area is 112 Å². The molecule has 0 aromatic carbocycles. The minimum Gasteiger partial charge on any atom is -0.394 e. The highest BCUT2D eigenvalue weighted by Gasteiger charge is 2.50. The molecule has 3 heterocycles. The van der Waals surface area contributed by atoms with Crippen molar-refractivity contribution in [2.24, 2.45) is 20.7 Å². The Morgan fingerprint density at radius 2 is 2.25 bits per heavy atom. The Morgan fingerprint density at radius 3 is 2.90 bits per heavy atom. The van der Waals surface area contributed by atoms with Crippen LogP contribution in [-0.4, -0.2) is 76.4 Å². The van der Waals surface area contributed by atoms with E-state index in [1.165, 1.54) is 11.2 Å². The lowest BCUT2D eigenvalue weighted by Crippen LogP contribution is -2.48. The molecule has 0 aliphatic carbocycles. The summed E-state index contributed by atoms with van der Waals surface area (Å²) in [6.07, 6.45) is -4.33. The topological polar surface area (TPSA) is 133 Å². The SMILES string of the molecule is NC1=NC(=O)C2N=CN(C3OC(CO)C(O)C3F)C2=N1. The third-order valence-corrected chi connectivity index (χ3v) is 3.28. The molecule has 0 saturated carbocycles. The number of amides is 1. The van der Waals surface area contributed by atoms with Crippen molar-refractivity contribution in [3.05, 3.63) is 0 Å². The molecule has 20 heavy (non-hydrogen) atoms. The van der Waals surface area contributed by atoms with Gasteiger partial charge in [-0.2, -0.15) is 9.98 Å². The molecule has 1 fully saturated rings. The monoisotopic (exact) mass is 285 g/mol. The van der Waals surface area contributed by atoms with Gasteiger partial charge in [-0.05, 0) is 0 Å². The van der Waals surface area contributed by atoms with Gasteiger partial charge in [-0.25, -0.2) is 4.39 Å². The van der Waals surface area contributed by atoms with Crippen LogP contribution < -0.4 is 5.73 Å². The second-order valence-corrected chi connectivity index (χ2v) is 4.54. The van der Waals surface area contributed by atoms with Crippen molar-refractivity contribution < 1.29 is 24.1 Å². The van der Waals surface area contributed by atoms with Gasteiger partial charge < -0.3 is 20.7 Å². The van der Waals surface area contributed by atoms with Gasteiger partial charge in [0, 0.05) is 0 Å². The van der Waals surface area contributed by atoms with Gasteiger partial charge in [-0.15, -0.1) is 0 Å². The number of carbonyl (C=O) groups is 1. The van der Waals surface area contributed by atoms with Crippen molar-refractivity contribution in [3.63, 3.8) is 0 Å². The maximum atomic E-state index is 14.0. The summed E-state index contributed by atoms with van der Waals surface area (Å²) in [6.45, 7) is -0.526. The van der Waals surface area contributed by atoms with Crippen molar-refractivity contribution in [2.75, 3.05) is 6.61 Å². The Hall–Kier alpha value is -1.91. The van der Waals surface area contributed by atoms with Crippen LogP contribution in [0.4, 0.5) is 4.39 Å². The van der Waals surface area contributed by atoms with Crippen LogP contribution in [0.15, 0.2) is 15.0 Å². The molecule has 5 unspecified atom stereocenters. The molecule has 3 aliphatic rings. The predicted molar refractivity (Wildman–Crippen MR) is 64.8 cm³/mol. The van der Waals surface area contributed by atoms with Gasteiger partial charge in [-0.3, -0.25) is 14.7 Å². The molecule has 0 aromatic rings. The van der Waals surface area contributed by atoms with Crippen LogP contribution in [0.25, 0.3) is 0 Å². The smallest absolute Gasteiger partial charge is 0.281 e. The maximum Gasteiger partial charge on any atom is 0.281 e. The molecule has 108 valence electrons. The van der Waals surface area contributed by atoms with Crippen LogP contribution in [-0.2, 0) is 9.53 Å². The third kappa shape index (κ3) is 1.80. The van der Waals surface area contributed by atoms with E-state index in [-0.39, 0.29) is 11.8 Å². The first-order chi connectivity index (χ1) is 9.52. The highest BCUT2D eigenvalue weighted by atomic mass is 19.1. The quantitative estimate of drug-likeness (QED) is 0.508. The number of amidine groups is 1. The van der Waals surface area contributed by atoms with Crippen LogP contribution in [0.3, 0.4) is 0 Å². The molecule has 3 rings (SSSR count). The number of hydrogen-bond donors (Lipinski definition) is 3. The van der Waals surface area contributed by atoms with Gasteiger partial charge in [0.1, 0.15) is 12.2 Å². The number of carbonyl (C=O) groups excluding carboxylic acids is 1. The molecule has 1 saturated heterocycles. The number of rotatable bonds is 2.